The number of para-hydroxylation sites is 1. The SMILES string of the molecule is C=CC(=O)OCCCCOc1ccc(C(=O)O[B]Oc2ccccc2)cc1. The Morgan fingerprint density at radius 1 is 0.926 bits per heavy atom. The predicted octanol–water partition coefficient (Wildman–Crippen LogP) is 3.34. The molecule has 2 aromatic rings. The van der Waals surface area contributed by atoms with Crippen molar-refractivity contribution in [2.45, 2.75) is 12.8 Å². The summed E-state index contributed by atoms with van der Waals surface area (Å²) in [4.78, 5) is 22.8. The van der Waals surface area contributed by atoms with Crippen LogP contribution in [0, 0.1) is 0 Å². The van der Waals surface area contributed by atoms with E-state index in [4.69, 9.17) is 18.8 Å². The summed E-state index contributed by atoms with van der Waals surface area (Å²) in [6, 6.07) is 15.6. The Hall–Kier alpha value is -3.22. The lowest BCUT2D eigenvalue weighted by Gasteiger charge is -2.08. The number of carbonyl (C=O) groups is 2. The van der Waals surface area contributed by atoms with Gasteiger partial charge in [-0.15, -0.1) is 0 Å². The van der Waals surface area contributed by atoms with Crippen LogP contribution in [0.25, 0.3) is 0 Å². The third-order valence-corrected chi connectivity index (χ3v) is 3.39. The molecule has 0 heterocycles. The molecular formula is C20H20BO6. The average Bonchev–Trinajstić information content (AvgIpc) is 2.71. The van der Waals surface area contributed by atoms with Crippen LogP contribution in [0.1, 0.15) is 23.2 Å². The van der Waals surface area contributed by atoms with Gasteiger partial charge in [0.15, 0.2) is 0 Å². The molecule has 0 saturated heterocycles. The highest BCUT2D eigenvalue weighted by molar-refractivity contribution is 6.25. The van der Waals surface area contributed by atoms with Crippen LogP contribution in [0.4, 0.5) is 0 Å². The third kappa shape index (κ3) is 7.69. The lowest BCUT2D eigenvalue weighted by molar-refractivity contribution is -0.137. The number of hydrogen-bond donors (Lipinski definition) is 0. The zero-order valence-electron chi connectivity index (χ0n) is 14.8. The van der Waals surface area contributed by atoms with Crippen molar-refractivity contribution >= 4 is 19.6 Å². The van der Waals surface area contributed by atoms with E-state index in [-0.39, 0.29) is 0 Å². The van der Waals surface area contributed by atoms with E-state index in [1.165, 1.54) is 0 Å². The zero-order chi connectivity index (χ0) is 19.3. The number of unbranched alkanes of at least 4 members (excludes halogenated alkanes) is 1. The maximum Gasteiger partial charge on any atom is 0.660 e. The first-order valence-electron chi connectivity index (χ1n) is 8.45. The fourth-order valence-corrected chi connectivity index (χ4v) is 2.00. The Morgan fingerprint density at radius 3 is 2.33 bits per heavy atom. The normalized spacial score (nSPS) is 9.78. The lowest BCUT2D eigenvalue weighted by Crippen LogP contribution is -2.14. The van der Waals surface area contributed by atoms with Gasteiger partial charge >= 0.3 is 19.6 Å². The van der Waals surface area contributed by atoms with Gasteiger partial charge in [0.05, 0.1) is 18.8 Å². The summed E-state index contributed by atoms with van der Waals surface area (Å²) < 4.78 is 20.6. The van der Waals surface area contributed by atoms with E-state index < -0.39 is 11.9 Å². The molecule has 2 rings (SSSR count). The van der Waals surface area contributed by atoms with Crippen LogP contribution >= 0.6 is 0 Å². The minimum Gasteiger partial charge on any atom is -0.526 e. The lowest BCUT2D eigenvalue weighted by atomic mass is 10.2. The summed E-state index contributed by atoms with van der Waals surface area (Å²) in [7, 11) is 1.00. The first-order chi connectivity index (χ1) is 13.2. The van der Waals surface area contributed by atoms with Crippen LogP contribution in [-0.4, -0.2) is 32.8 Å². The van der Waals surface area contributed by atoms with Crippen LogP contribution in [0.15, 0.2) is 67.3 Å². The molecule has 27 heavy (non-hydrogen) atoms. The molecule has 0 aromatic heterocycles. The molecule has 0 N–H and O–H groups in total. The predicted molar refractivity (Wildman–Crippen MR) is 101 cm³/mol. The molecule has 0 saturated carbocycles. The van der Waals surface area contributed by atoms with Gasteiger partial charge in [0.2, 0.25) is 0 Å². The monoisotopic (exact) mass is 367 g/mol. The zero-order valence-corrected chi connectivity index (χ0v) is 14.8. The topological polar surface area (TPSA) is 71.1 Å². The van der Waals surface area contributed by atoms with Crippen molar-refractivity contribution in [3.05, 3.63) is 72.8 Å². The fourth-order valence-electron chi connectivity index (χ4n) is 2.00. The van der Waals surface area contributed by atoms with Crippen LogP contribution in [0.2, 0.25) is 0 Å². The van der Waals surface area contributed by atoms with E-state index >= 15 is 0 Å². The summed E-state index contributed by atoms with van der Waals surface area (Å²) in [6.45, 7) is 4.14. The smallest absolute Gasteiger partial charge is 0.526 e. The van der Waals surface area contributed by atoms with Crippen molar-refractivity contribution in [2.75, 3.05) is 13.2 Å². The maximum atomic E-state index is 11.9. The van der Waals surface area contributed by atoms with E-state index in [9.17, 15) is 9.59 Å². The molecule has 0 fully saturated rings. The highest BCUT2D eigenvalue weighted by atomic mass is 16.6. The van der Waals surface area contributed by atoms with Crippen molar-refractivity contribution in [2.24, 2.45) is 0 Å². The number of carbonyl (C=O) groups excluding carboxylic acids is 2. The van der Waals surface area contributed by atoms with Crippen molar-refractivity contribution in [3.63, 3.8) is 0 Å². The number of ether oxygens (including phenoxy) is 2. The summed E-state index contributed by atoms with van der Waals surface area (Å²) in [6.07, 6.45) is 2.57. The standard InChI is InChI=1S/C20H20BO6/c1-2-19(22)25-15-7-6-14-24-17-12-10-16(11-13-17)20(23)27-21-26-18-8-4-3-5-9-18/h2-5,8-13H,1,6-7,14-15H2. The molecule has 0 bridgehead atoms. The fraction of sp³-hybridized carbons (Fsp3) is 0.200. The highest BCUT2D eigenvalue weighted by Crippen LogP contribution is 2.14. The van der Waals surface area contributed by atoms with Crippen LogP contribution in [0.3, 0.4) is 0 Å². The van der Waals surface area contributed by atoms with Crippen LogP contribution < -0.4 is 9.39 Å². The Labute approximate surface area is 159 Å². The van der Waals surface area contributed by atoms with Crippen molar-refractivity contribution in [3.8, 4) is 11.5 Å². The first-order valence-corrected chi connectivity index (χ1v) is 8.45. The van der Waals surface area contributed by atoms with Crippen LogP contribution in [-0.2, 0) is 14.2 Å². The van der Waals surface area contributed by atoms with Gasteiger partial charge in [-0.25, -0.2) is 9.59 Å². The summed E-state index contributed by atoms with van der Waals surface area (Å²) in [5.74, 6) is 0.263. The van der Waals surface area contributed by atoms with Crippen molar-refractivity contribution in [1.82, 2.24) is 0 Å². The maximum absolute atomic E-state index is 11.9. The summed E-state index contributed by atoms with van der Waals surface area (Å²) >= 11 is 0. The average molecular weight is 367 g/mol. The molecule has 7 heteroatoms. The van der Waals surface area contributed by atoms with E-state index in [2.05, 4.69) is 6.58 Å². The Bertz CT molecular complexity index is 730. The molecule has 0 aliphatic heterocycles. The largest absolute Gasteiger partial charge is 0.660 e. The highest BCUT2D eigenvalue weighted by Gasteiger charge is 2.10. The third-order valence-electron chi connectivity index (χ3n) is 3.39. The second-order valence-electron chi connectivity index (χ2n) is 5.38. The Balaban J connectivity index is 1.64. The molecular weight excluding hydrogens is 347 g/mol. The van der Waals surface area contributed by atoms with Gasteiger partial charge < -0.3 is 18.8 Å². The van der Waals surface area contributed by atoms with E-state index in [1.54, 1.807) is 36.4 Å². The molecule has 2 aromatic carbocycles. The number of esters is 1. The summed E-state index contributed by atoms with van der Waals surface area (Å²) in [5, 5.41) is 0. The van der Waals surface area contributed by atoms with Gasteiger partial charge in [-0.1, -0.05) is 24.8 Å². The van der Waals surface area contributed by atoms with Gasteiger partial charge in [-0.05, 0) is 49.2 Å². The number of hydrogen-bond acceptors (Lipinski definition) is 6. The molecule has 1 radical (unpaired) electrons. The quantitative estimate of drug-likeness (QED) is 0.263. The Morgan fingerprint density at radius 2 is 1.63 bits per heavy atom. The van der Waals surface area contributed by atoms with Gasteiger partial charge in [0, 0.05) is 6.08 Å². The molecule has 0 unspecified atom stereocenters. The van der Waals surface area contributed by atoms with Crippen molar-refractivity contribution < 1.29 is 28.4 Å². The Kier molecular flexibility index (Phi) is 8.49. The minimum absolute atomic E-state index is 0.334. The molecule has 139 valence electrons. The minimum atomic E-state index is -0.526. The number of benzene rings is 2. The summed E-state index contributed by atoms with van der Waals surface area (Å²) in [5.41, 5.74) is 0.381. The molecule has 0 amide bonds. The number of rotatable bonds is 11. The van der Waals surface area contributed by atoms with Gasteiger partial charge in [0.25, 0.3) is 0 Å². The molecule has 0 aliphatic carbocycles. The van der Waals surface area contributed by atoms with Crippen LogP contribution in [0.5, 0.6) is 11.5 Å². The van der Waals surface area contributed by atoms with Gasteiger partial charge in [-0.3, -0.25) is 0 Å². The molecule has 0 atom stereocenters. The first kappa shape index (κ1) is 20.1. The second-order valence-corrected chi connectivity index (χ2v) is 5.38. The van der Waals surface area contributed by atoms with E-state index in [1.807, 2.05) is 18.2 Å². The van der Waals surface area contributed by atoms with E-state index in [0.29, 0.717) is 36.7 Å². The molecule has 6 nitrogen and oxygen atoms in total. The molecule has 0 spiro atoms. The van der Waals surface area contributed by atoms with E-state index in [0.717, 1.165) is 20.2 Å². The van der Waals surface area contributed by atoms with Crippen molar-refractivity contribution in [1.29, 1.82) is 0 Å². The molecule has 0 aliphatic rings. The second kappa shape index (κ2) is 11.4. The van der Waals surface area contributed by atoms with Gasteiger partial charge in [0.1, 0.15) is 11.5 Å². The van der Waals surface area contributed by atoms with Gasteiger partial charge in [-0.2, -0.15) is 0 Å².